The quantitative estimate of drug-likeness (QED) is 0.664. The lowest BCUT2D eigenvalue weighted by Gasteiger charge is -2.16. The Kier molecular flexibility index (Phi) is 3.31. The summed E-state index contributed by atoms with van der Waals surface area (Å²) in [6, 6.07) is 11.7. The van der Waals surface area contributed by atoms with Gasteiger partial charge < -0.3 is 5.73 Å². The standard InChI is InChI=1S/C18H19NO/c1-12-5-4-8-16(17(12)19)18(20)15-10-9-13-6-2-3-7-14(13)11-15/h4-5,8-11H,2-3,6-7,19H2,1H3. The Morgan fingerprint density at radius 2 is 1.80 bits per heavy atom. The van der Waals surface area contributed by atoms with Gasteiger partial charge in [0.25, 0.3) is 0 Å². The van der Waals surface area contributed by atoms with E-state index in [1.54, 1.807) is 0 Å². The lowest BCUT2D eigenvalue weighted by atomic mass is 9.88. The molecule has 3 rings (SSSR count). The molecule has 20 heavy (non-hydrogen) atoms. The number of carbonyl (C=O) groups is 1. The number of nitrogen functional groups attached to an aromatic ring is 1. The number of hydrogen-bond donors (Lipinski definition) is 1. The van der Waals surface area contributed by atoms with E-state index in [1.807, 2.05) is 31.2 Å². The molecule has 102 valence electrons. The van der Waals surface area contributed by atoms with Crippen LogP contribution in [0.5, 0.6) is 0 Å². The van der Waals surface area contributed by atoms with Gasteiger partial charge in [-0.15, -0.1) is 0 Å². The largest absolute Gasteiger partial charge is 0.398 e. The van der Waals surface area contributed by atoms with Gasteiger partial charge in [-0.2, -0.15) is 0 Å². The van der Waals surface area contributed by atoms with Crippen LogP contribution in [0.25, 0.3) is 0 Å². The Morgan fingerprint density at radius 1 is 1.05 bits per heavy atom. The molecule has 0 saturated carbocycles. The number of benzene rings is 2. The molecule has 2 heteroatoms. The maximum atomic E-state index is 12.6. The van der Waals surface area contributed by atoms with Crippen LogP contribution in [0, 0.1) is 6.92 Å². The third kappa shape index (κ3) is 2.22. The minimum Gasteiger partial charge on any atom is -0.398 e. The highest BCUT2D eigenvalue weighted by molar-refractivity contribution is 6.12. The van der Waals surface area contributed by atoms with Gasteiger partial charge in [-0.3, -0.25) is 4.79 Å². The summed E-state index contributed by atoms with van der Waals surface area (Å²) in [5.74, 6) is 0.0274. The molecule has 0 radical (unpaired) electrons. The summed E-state index contributed by atoms with van der Waals surface area (Å²) in [7, 11) is 0. The first-order chi connectivity index (χ1) is 9.66. The first-order valence-corrected chi connectivity index (χ1v) is 7.18. The molecule has 0 fully saturated rings. The highest BCUT2D eigenvalue weighted by Gasteiger charge is 2.16. The normalized spacial score (nSPS) is 13.8. The predicted molar refractivity (Wildman–Crippen MR) is 82.1 cm³/mol. The van der Waals surface area contributed by atoms with Crippen LogP contribution in [-0.4, -0.2) is 5.78 Å². The monoisotopic (exact) mass is 265 g/mol. The fraction of sp³-hybridized carbons (Fsp3) is 0.278. The molecular formula is C18H19NO. The molecule has 0 bridgehead atoms. The van der Waals surface area contributed by atoms with Crippen molar-refractivity contribution in [3.05, 3.63) is 64.2 Å². The number of para-hydroxylation sites is 1. The van der Waals surface area contributed by atoms with Gasteiger partial charge >= 0.3 is 0 Å². The fourth-order valence-electron chi connectivity index (χ4n) is 2.91. The lowest BCUT2D eigenvalue weighted by molar-refractivity contribution is 0.103. The first-order valence-electron chi connectivity index (χ1n) is 7.18. The maximum absolute atomic E-state index is 12.6. The van der Waals surface area contributed by atoms with Crippen LogP contribution in [-0.2, 0) is 12.8 Å². The van der Waals surface area contributed by atoms with E-state index in [9.17, 15) is 4.79 Å². The van der Waals surface area contributed by atoms with E-state index in [0.717, 1.165) is 24.0 Å². The Bertz CT molecular complexity index is 673. The third-order valence-corrected chi connectivity index (χ3v) is 4.18. The van der Waals surface area contributed by atoms with Crippen LogP contribution in [0.4, 0.5) is 5.69 Å². The minimum absolute atomic E-state index is 0.0274. The van der Waals surface area contributed by atoms with Crippen molar-refractivity contribution in [2.75, 3.05) is 5.73 Å². The van der Waals surface area contributed by atoms with Gasteiger partial charge in [0.15, 0.2) is 5.78 Å². The van der Waals surface area contributed by atoms with Crippen molar-refractivity contribution in [3.8, 4) is 0 Å². The summed E-state index contributed by atoms with van der Waals surface area (Å²) in [6.45, 7) is 1.93. The van der Waals surface area contributed by atoms with E-state index in [-0.39, 0.29) is 5.78 Å². The lowest BCUT2D eigenvalue weighted by Crippen LogP contribution is -2.09. The van der Waals surface area contributed by atoms with E-state index in [4.69, 9.17) is 5.73 Å². The molecule has 1 aliphatic rings. The Labute approximate surface area is 119 Å². The van der Waals surface area contributed by atoms with Gasteiger partial charge in [-0.05, 0) is 61.4 Å². The fourth-order valence-corrected chi connectivity index (χ4v) is 2.91. The summed E-state index contributed by atoms with van der Waals surface area (Å²) in [6.07, 6.45) is 4.69. The second-order valence-corrected chi connectivity index (χ2v) is 5.56. The molecule has 0 aromatic heterocycles. The zero-order valence-electron chi connectivity index (χ0n) is 11.8. The van der Waals surface area contributed by atoms with Gasteiger partial charge in [-0.1, -0.05) is 24.3 Å². The van der Waals surface area contributed by atoms with Crippen LogP contribution < -0.4 is 5.73 Å². The number of anilines is 1. The Balaban J connectivity index is 2.00. The minimum atomic E-state index is 0.0274. The van der Waals surface area contributed by atoms with E-state index in [0.29, 0.717) is 11.3 Å². The topological polar surface area (TPSA) is 43.1 Å². The molecule has 1 aliphatic carbocycles. The number of nitrogens with two attached hydrogens (primary N) is 1. The van der Waals surface area contributed by atoms with Gasteiger partial charge in [0, 0.05) is 16.8 Å². The highest BCUT2D eigenvalue weighted by Crippen LogP contribution is 2.25. The molecule has 0 unspecified atom stereocenters. The number of aryl methyl sites for hydroxylation is 3. The van der Waals surface area contributed by atoms with Gasteiger partial charge in [0.2, 0.25) is 0 Å². The SMILES string of the molecule is Cc1cccc(C(=O)c2ccc3c(c2)CCCC3)c1N. The van der Waals surface area contributed by atoms with Crippen LogP contribution in [0.1, 0.15) is 45.5 Å². The van der Waals surface area contributed by atoms with Crippen molar-refractivity contribution in [3.63, 3.8) is 0 Å². The highest BCUT2D eigenvalue weighted by atomic mass is 16.1. The Morgan fingerprint density at radius 3 is 2.60 bits per heavy atom. The van der Waals surface area contributed by atoms with Crippen LogP contribution in [0.2, 0.25) is 0 Å². The summed E-state index contributed by atoms with van der Waals surface area (Å²) in [5.41, 5.74) is 11.7. The summed E-state index contributed by atoms with van der Waals surface area (Å²) < 4.78 is 0. The molecule has 0 heterocycles. The van der Waals surface area contributed by atoms with Crippen LogP contribution >= 0.6 is 0 Å². The van der Waals surface area contributed by atoms with Crippen molar-refractivity contribution in [1.29, 1.82) is 0 Å². The number of fused-ring (bicyclic) bond motifs is 1. The van der Waals surface area contributed by atoms with Gasteiger partial charge in [0.05, 0.1) is 0 Å². The van der Waals surface area contributed by atoms with E-state index in [1.165, 1.54) is 24.0 Å². The molecule has 0 saturated heterocycles. The molecule has 2 nitrogen and oxygen atoms in total. The molecule has 0 atom stereocenters. The number of hydrogen-bond acceptors (Lipinski definition) is 2. The first kappa shape index (κ1) is 12.9. The number of rotatable bonds is 2. The molecular weight excluding hydrogens is 246 g/mol. The smallest absolute Gasteiger partial charge is 0.195 e. The zero-order valence-corrected chi connectivity index (χ0v) is 11.8. The average Bonchev–Trinajstić information content (AvgIpc) is 2.49. The van der Waals surface area contributed by atoms with Gasteiger partial charge in [0.1, 0.15) is 0 Å². The van der Waals surface area contributed by atoms with Crippen LogP contribution in [0.3, 0.4) is 0 Å². The molecule has 2 aromatic carbocycles. The number of carbonyl (C=O) groups excluding carboxylic acids is 1. The maximum Gasteiger partial charge on any atom is 0.195 e. The molecule has 2 aromatic rings. The van der Waals surface area contributed by atoms with Crippen molar-refractivity contribution in [1.82, 2.24) is 0 Å². The van der Waals surface area contributed by atoms with Crippen molar-refractivity contribution >= 4 is 11.5 Å². The molecule has 2 N–H and O–H groups in total. The molecule has 0 amide bonds. The Hall–Kier alpha value is -2.09. The number of ketones is 1. The summed E-state index contributed by atoms with van der Waals surface area (Å²) in [4.78, 5) is 12.6. The molecule has 0 aliphatic heterocycles. The molecule has 0 spiro atoms. The van der Waals surface area contributed by atoms with E-state index in [2.05, 4.69) is 12.1 Å². The van der Waals surface area contributed by atoms with Crippen molar-refractivity contribution in [2.45, 2.75) is 32.6 Å². The summed E-state index contributed by atoms with van der Waals surface area (Å²) in [5, 5.41) is 0. The predicted octanol–water partition coefficient (Wildman–Crippen LogP) is 3.69. The second kappa shape index (κ2) is 5.12. The van der Waals surface area contributed by atoms with Crippen molar-refractivity contribution < 1.29 is 4.79 Å². The van der Waals surface area contributed by atoms with Crippen molar-refractivity contribution in [2.24, 2.45) is 0 Å². The van der Waals surface area contributed by atoms with E-state index < -0.39 is 0 Å². The average molecular weight is 265 g/mol. The van der Waals surface area contributed by atoms with Crippen LogP contribution in [0.15, 0.2) is 36.4 Å². The second-order valence-electron chi connectivity index (χ2n) is 5.56. The third-order valence-electron chi connectivity index (χ3n) is 4.18. The van der Waals surface area contributed by atoms with Gasteiger partial charge in [-0.25, -0.2) is 0 Å². The van der Waals surface area contributed by atoms with E-state index >= 15 is 0 Å². The zero-order chi connectivity index (χ0) is 14.1. The summed E-state index contributed by atoms with van der Waals surface area (Å²) >= 11 is 0.